The molecule has 0 aromatic heterocycles. The zero-order valence-corrected chi connectivity index (χ0v) is 38.3. The van der Waals surface area contributed by atoms with Crippen LogP contribution in [0.1, 0.15) is 162 Å². The number of aliphatic hydroxyl groups excluding tert-OH is 2. The molecule has 1 rings (SSSR count). The summed E-state index contributed by atoms with van der Waals surface area (Å²) in [5.74, 6) is -1.58. The molecule has 2 N–H and O–H groups in total. The molecule has 1 unspecified atom stereocenters. The standard InChI is InChI=1S/C46H82NO11P/c1-6-8-10-11-12-13-14-15-16-17-18-19-20-21-27-31-46(52)58-40(38-57-59(53,54)56-35-34-47(3,4)5)37-55-45(51)30-26-23-22-25-29-41-42(44(50)36-43(41)49)33-32-39(48)28-24-9-7-2/h12-13,15-16,32-33,39-43,48-49H,6-11,14,17-31,34-38H2,1-5H3/b13-12-,16-15-,33-32+/t39-,40+,41+,42+,43-/m0/s1. The first-order valence-electron chi connectivity index (χ1n) is 22.8. The Morgan fingerprint density at radius 2 is 1.41 bits per heavy atom. The van der Waals surface area contributed by atoms with Crippen molar-refractivity contribution in [3.63, 3.8) is 0 Å². The highest BCUT2D eigenvalue weighted by molar-refractivity contribution is 7.45. The van der Waals surface area contributed by atoms with Crippen molar-refractivity contribution in [1.29, 1.82) is 0 Å². The first-order valence-corrected chi connectivity index (χ1v) is 24.3. The molecule has 0 aliphatic heterocycles. The van der Waals surface area contributed by atoms with E-state index in [4.69, 9.17) is 18.5 Å². The summed E-state index contributed by atoms with van der Waals surface area (Å²) >= 11 is 0. The Morgan fingerprint density at radius 3 is 2.07 bits per heavy atom. The molecule has 0 heterocycles. The Kier molecular flexibility index (Phi) is 31.1. The number of esters is 2. The van der Waals surface area contributed by atoms with E-state index < -0.39 is 50.6 Å². The molecule has 0 saturated heterocycles. The molecule has 0 spiro atoms. The number of ether oxygens (including phenoxy) is 2. The Morgan fingerprint density at radius 1 is 0.814 bits per heavy atom. The predicted molar refractivity (Wildman–Crippen MR) is 232 cm³/mol. The van der Waals surface area contributed by atoms with Gasteiger partial charge in [0.25, 0.3) is 7.82 Å². The molecule has 0 amide bonds. The van der Waals surface area contributed by atoms with Crippen LogP contribution in [0.4, 0.5) is 0 Å². The van der Waals surface area contributed by atoms with E-state index >= 15 is 0 Å². The Bertz CT molecular complexity index is 1260. The van der Waals surface area contributed by atoms with Gasteiger partial charge in [-0.2, -0.15) is 0 Å². The van der Waals surface area contributed by atoms with Gasteiger partial charge in [0, 0.05) is 25.2 Å². The van der Waals surface area contributed by atoms with Crippen molar-refractivity contribution in [2.24, 2.45) is 11.8 Å². The maximum atomic E-state index is 12.7. The maximum absolute atomic E-state index is 12.7. The van der Waals surface area contributed by atoms with Gasteiger partial charge in [0.2, 0.25) is 0 Å². The fourth-order valence-electron chi connectivity index (χ4n) is 6.88. The van der Waals surface area contributed by atoms with Crippen LogP contribution in [0.15, 0.2) is 36.5 Å². The minimum absolute atomic E-state index is 0.00335. The largest absolute Gasteiger partial charge is 0.756 e. The molecule has 59 heavy (non-hydrogen) atoms. The number of Topliss-reactive ketones (excluding diaryl/α,β-unsaturated/α-hetero) is 1. The van der Waals surface area contributed by atoms with Gasteiger partial charge >= 0.3 is 11.9 Å². The molecule has 12 nitrogen and oxygen atoms in total. The lowest BCUT2D eigenvalue weighted by molar-refractivity contribution is -0.870. The Balaban J connectivity index is 2.47. The number of likely N-dealkylation sites (N-methyl/N-ethyl adjacent to an activating group) is 1. The van der Waals surface area contributed by atoms with E-state index in [1.54, 1.807) is 12.2 Å². The summed E-state index contributed by atoms with van der Waals surface area (Å²) in [6, 6.07) is 0. The summed E-state index contributed by atoms with van der Waals surface area (Å²) in [6.45, 7) is 3.80. The second kappa shape index (κ2) is 33.4. The number of carbonyl (C=O) groups is 3. The lowest BCUT2D eigenvalue weighted by Crippen LogP contribution is -2.37. The van der Waals surface area contributed by atoms with Gasteiger partial charge in [-0.15, -0.1) is 0 Å². The molecule has 0 radical (unpaired) electrons. The van der Waals surface area contributed by atoms with E-state index in [0.717, 1.165) is 83.5 Å². The quantitative estimate of drug-likeness (QED) is 0.0201. The molecule has 1 fully saturated rings. The van der Waals surface area contributed by atoms with Crippen LogP contribution in [-0.4, -0.2) is 98.2 Å². The second-order valence-corrected chi connectivity index (χ2v) is 18.6. The predicted octanol–water partition coefficient (Wildman–Crippen LogP) is 8.87. The van der Waals surface area contributed by atoms with Crippen LogP contribution in [0.25, 0.3) is 0 Å². The van der Waals surface area contributed by atoms with Crippen LogP contribution in [0, 0.1) is 11.8 Å². The SMILES string of the molecule is CCCCC/C=C\C/C=C\CCCCCCCC(=O)O[C@H](COC(=O)CCCCCC[C@H]1[C@@H](O)CC(=O)[C@@H]1/C=C/[C@@H](O)CCCCC)COP(=O)([O-])OCC[N+](C)(C)C. The topological polar surface area (TPSA) is 169 Å². The summed E-state index contributed by atoms with van der Waals surface area (Å²) in [4.78, 5) is 50.3. The van der Waals surface area contributed by atoms with Gasteiger partial charge < -0.3 is 38.1 Å². The van der Waals surface area contributed by atoms with Gasteiger partial charge in [-0.25, -0.2) is 0 Å². The highest BCUT2D eigenvalue weighted by atomic mass is 31.2. The van der Waals surface area contributed by atoms with Gasteiger partial charge in [0.1, 0.15) is 25.5 Å². The molecule has 1 saturated carbocycles. The zero-order chi connectivity index (χ0) is 43.8. The molecular weight excluding hydrogens is 773 g/mol. The van der Waals surface area contributed by atoms with E-state index in [0.29, 0.717) is 36.7 Å². The number of quaternary nitrogens is 1. The van der Waals surface area contributed by atoms with Crippen molar-refractivity contribution in [1.82, 2.24) is 0 Å². The van der Waals surface area contributed by atoms with E-state index in [2.05, 4.69) is 38.2 Å². The van der Waals surface area contributed by atoms with Crippen LogP contribution in [-0.2, 0) is 37.5 Å². The smallest absolute Gasteiger partial charge is 0.306 e. The molecule has 1 aliphatic carbocycles. The molecular formula is C46H82NO11P. The molecule has 1 aliphatic rings. The Labute approximate surface area is 357 Å². The average Bonchev–Trinajstić information content (AvgIpc) is 3.44. The molecule has 0 bridgehead atoms. The van der Waals surface area contributed by atoms with Crippen LogP contribution < -0.4 is 4.89 Å². The van der Waals surface area contributed by atoms with Crippen LogP contribution in [0.3, 0.4) is 0 Å². The highest BCUT2D eigenvalue weighted by Gasteiger charge is 2.39. The fourth-order valence-corrected chi connectivity index (χ4v) is 7.61. The van der Waals surface area contributed by atoms with Gasteiger partial charge in [-0.3, -0.25) is 18.9 Å². The van der Waals surface area contributed by atoms with Crippen molar-refractivity contribution >= 4 is 25.5 Å². The maximum Gasteiger partial charge on any atom is 0.306 e. The number of carbonyl (C=O) groups excluding carboxylic acids is 3. The number of phosphoric acid groups is 1. The normalized spacial score (nSPS) is 19.5. The third-order valence-corrected chi connectivity index (χ3v) is 11.5. The average molecular weight is 856 g/mol. The third kappa shape index (κ3) is 30.5. The molecule has 0 aromatic rings. The number of rotatable bonds is 37. The number of ketones is 1. The van der Waals surface area contributed by atoms with E-state index in [1.165, 1.54) is 19.3 Å². The number of hydrogen-bond acceptors (Lipinski definition) is 11. The fraction of sp³-hybridized carbons (Fsp3) is 0.804. The summed E-state index contributed by atoms with van der Waals surface area (Å²) in [6.07, 6.45) is 29.3. The summed E-state index contributed by atoms with van der Waals surface area (Å²) in [7, 11) is 1.02. The first kappa shape index (κ1) is 54.8. The van der Waals surface area contributed by atoms with Gasteiger partial charge in [-0.1, -0.05) is 121 Å². The lowest BCUT2D eigenvalue weighted by Gasteiger charge is -2.28. The van der Waals surface area contributed by atoms with Crippen molar-refractivity contribution in [2.45, 2.75) is 180 Å². The summed E-state index contributed by atoms with van der Waals surface area (Å²) in [5.41, 5.74) is 0. The molecule has 342 valence electrons. The number of hydrogen-bond donors (Lipinski definition) is 2. The van der Waals surface area contributed by atoms with Crippen molar-refractivity contribution in [3.8, 4) is 0 Å². The van der Waals surface area contributed by atoms with E-state index in [-0.39, 0.29) is 44.2 Å². The van der Waals surface area contributed by atoms with Crippen molar-refractivity contribution in [3.05, 3.63) is 36.5 Å². The second-order valence-electron chi connectivity index (χ2n) is 17.2. The van der Waals surface area contributed by atoms with Gasteiger partial charge in [0.15, 0.2) is 6.10 Å². The molecule has 0 aromatic carbocycles. The number of allylic oxidation sites excluding steroid dienone is 5. The van der Waals surface area contributed by atoms with Crippen molar-refractivity contribution in [2.75, 3.05) is 47.5 Å². The minimum Gasteiger partial charge on any atom is -0.756 e. The van der Waals surface area contributed by atoms with Gasteiger partial charge in [-0.05, 0) is 63.7 Å². The number of aliphatic hydroxyl groups is 2. The zero-order valence-electron chi connectivity index (χ0n) is 37.4. The Hall–Kier alpha value is -2.18. The monoisotopic (exact) mass is 856 g/mol. The van der Waals surface area contributed by atoms with Crippen LogP contribution in [0.5, 0.6) is 0 Å². The minimum atomic E-state index is -4.69. The summed E-state index contributed by atoms with van der Waals surface area (Å²) in [5, 5.41) is 20.8. The highest BCUT2D eigenvalue weighted by Crippen LogP contribution is 2.38. The molecule has 13 heteroatoms. The van der Waals surface area contributed by atoms with Crippen LogP contribution in [0.2, 0.25) is 0 Å². The number of unbranched alkanes of at least 4 members (excludes halogenated alkanes) is 13. The number of phosphoric ester groups is 1. The van der Waals surface area contributed by atoms with E-state index in [9.17, 15) is 34.1 Å². The first-order chi connectivity index (χ1) is 28.2. The van der Waals surface area contributed by atoms with Crippen molar-refractivity contribution < 1.29 is 57.1 Å². The third-order valence-electron chi connectivity index (χ3n) is 10.5. The van der Waals surface area contributed by atoms with Gasteiger partial charge in [0.05, 0.1) is 40.0 Å². The summed E-state index contributed by atoms with van der Waals surface area (Å²) < 4.78 is 33.9. The van der Waals surface area contributed by atoms with Crippen LogP contribution >= 0.6 is 7.82 Å². The number of nitrogens with zero attached hydrogens (tertiary/aromatic N) is 1. The van der Waals surface area contributed by atoms with E-state index in [1.807, 2.05) is 21.1 Å². The molecule has 6 atom stereocenters. The lowest BCUT2D eigenvalue weighted by atomic mass is 9.88.